The molecular weight excluding hydrogens is 358 g/mol. The molecule has 0 aliphatic rings. The fourth-order valence-corrected chi connectivity index (χ4v) is 2.57. The number of benzene rings is 1. The Hall–Kier alpha value is -3.62. The van der Waals surface area contributed by atoms with Crippen LogP contribution in [-0.2, 0) is 17.9 Å². The number of hydrogen-bond acceptors (Lipinski definition) is 5. The molecule has 3 aromatic rings. The van der Waals surface area contributed by atoms with E-state index in [-0.39, 0.29) is 6.61 Å². The van der Waals surface area contributed by atoms with Gasteiger partial charge in [0, 0.05) is 12.7 Å². The van der Waals surface area contributed by atoms with Gasteiger partial charge < -0.3 is 21.1 Å². The van der Waals surface area contributed by atoms with Gasteiger partial charge in [-0.15, -0.1) is 10.2 Å². The van der Waals surface area contributed by atoms with Crippen molar-refractivity contribution in [2.45, 2.75) is 20.0 Å². The van der Waals surface area contributed by atoms with E-state index in [0.717, 1.165) is 23.6 Å². The van der Waals surface area contributed by atoms with Gasteiger partial charge in [0.25, 0.3) is 5.91 Å². The summed E-state index contributed by atoms with van der Waals surface area (Å²) in [5.74, 6) is 1.53. The van der Waals surface area contributed by atoms with Crippen molar-refractivity contribution in [3.63, 3.8) is 0 Å². The molecule has 0 saturated heterocycles. The third-order valence-corrected chi connectivity index (χ3v) is 3.84. The lowest BCUT2D eigenvalue weighted by Gasteiger charge is -2.11. The second kappa shape index (κ2) is 9.36. The second-order valence-electron chi connectivity index (χ2n) is 6.00. The van der Waals surface area contributed by atoms with Crippen molar-refractivity contribution in [2.24, 2.45) is 10.7 Å². The number of pyridine rings is 1. The molecular formula is C19H23N7O2. The molecule has 4 N–H and O–H groups in total. The molecule has 1 amide bonds. The molecule has 0 bridgehead atoms. The van der Waals surface area contributed by atoms with Crippen molar-refractivity contribution < 1.29 is 9.53 Å². The second-order valence-corrected chi connectivity index (χ2v) is 6.00. The number of primary amides is 1. The number of nitrogens with zero attached hydrogens (tertiary/aromatic N) is 4. The highest BCUT2D eigenvalue weighted by molar-refractivity contribution is 5.79. The van der Waals surface area contributed by atoms with Crippen LogP contribution in [0.15, 0.2) is 53.7 Å². The first-order chi connectivity index (χ1) is 13.7. The van der Waals surface area contributed by atoms with Crippen LogP contribution in [0.1, 0.15) is 18.3 Å². The van der Waals surface area contributed by atoms with Gasteiger partial charge in [0.2, 0.25) is 0 Å². The molecule has 146 valence electrons. The normalized spacial score (nSPS) is 11.4. The number of nitrogens with two attached hydrogens (primary N) is 1. The standard InChI is InChI=1S/C19H23N7O2/c1-2-21-19(23-12-18-25-24-17-8-3-4-9-26(17)18)22-11-14-6-5-7-15(10-14)28-13-16(20)27/h3-10H,2,11-13H2,1H3,(H2,20,27)(H2,21,22,23). The van der Waals surface area contributed by atoms with Crippen LogP contribution in [0, 0.1) is 0 Å². The Kier molecular flexibility index (Phi) is 6.40. The monoisotopic (exact) mass is 381 g/mol. The van der Waals surface area contributed by atoms with Crippen molar-refractivity contribution in [1.82, 2.24) is 25.2 Å². The smallest absolute Gasteiger partial charge is 0.255 e. The summed E-state index contributed by atoms with van der Waals surface area (Å²) >= 11 is 0. The number of aliphatic imine (C=N–C) groups is 1. The Morgan fingerprint density at radius 1 is 1.21 bits per heavy atom. The van der Waals surface area contributed by atoms with Crippen LogP contribution in [-0.4, -0.2) is 39.6 Å². The number of carbonyl (C=O) groups excluding carboxylic acids is 1. The van der Waals surface area contributed by atoms with E-state index in [0.29, 0.717) is 24.8 Å². The summed E-state index contributed by atoms with van der Waals surface area (Å²) in [6.45, 7) is 3.52. The highest BCUT2D eigenvalue weighted by Gasteiger charge is 2.06. The fourth-order valence-electron chi connectivity index (χ4n) is 2.57. The van der Waals surface area contributed by atoms with Crippen molar-refractivity contribution in [2.75, 3.05) is 13.2 Å². The highest BCUT2D eigenvalue weighted by atomic mass is 16.5. The fraction of sp³-hybridized carbons (Fsp3) is 0.263. The molecule has 0 radical (unpaired) electrons. The maximum absolute atomic E-state index is 10.8. The maximum atomic E-state index is 10.8. The molecule has 0 aliphatic carbocycles. The largest absolute Gasteiger partial charge is 0.484 e. The summed E-state index contributed by atoms with van der Waals surface area (Å²) in [5.41, 5.74) is 6.86. The third kappa shape index (κ3) is 5.19. The van der Waals surface area contributed by atoms with Gasteiger partial charge in [-0.3, -0.25) is 9.20 Å². The molecule has 0 spiro atoms. The van der Waals surface area contributed by atoms with Crippen LogP contribution in [0.4, 0.5) is 0 Å². The summed E-state index contributed by atoms with van der Waals surface area (Å²) in [5, 5.41) is 14.8. The first kappa shape index (κ1) is 19.2. The van der Waals surface area contributed by atoms with Gasteiger partial charge in [-0.1, -0.05) is 18.2 Å². The zero-order valence-corrected chi connectivity index (χ0v) is 15.6. The number of nitrogens with one attached hydrogen (secondary N) is 2. The first-order valence-electron chi connectivity index (χ1n) is 8.96. The Balaban J connectivity index is 1.64. The summed E-state index contributed by atoms with van der Waals surface area (Å²) in [4.78, 5) is 15.4. The summed E-state index contributed by atoms with van der Waals surface area (Å²) in [6.07, 6.45) is 1.92. The summed E-state index contributed by atoms with van der Waals surface area (Å²) in [6, 6.07) is 13.2. The molecule has 3 rings (SSSR count). The van der Waals surface area contributed by atoms with Gasteiger partial charge in [0.1, 0.15) is 5.75 Å². The van der Waals surface area contributed by atoms with Crippen LogP contribution in [0.3, 0.4) is 0 Å². The number of amides is 1. The lowest BCUT2D eigenvalue weighted by molar-refractivity contribution is -0.119. The Morgan fingerprint density at radius 2 is 2.11 bits per heavy atom. The van der Waals surface area contributed by atoms with E-state index in [1.165, 1.54) is 0 Å². The molecule has 0 aliphatic heterocycles. The lowest BCUT2D eigenvalue weighted by atomic mass is 10.2. The quantitative estimate of drug-likeness (QED) is 0.393. The average Bonchev–Trinajstić information content (AvgIpc) is 3.12. The van der Waals surface area contributed by atoms with Crippen molar-refractivity contribution in [3.8, 4) is 5.75 Å². The van der Waals surface area contributed by atoms with E-state index in [9.17, 15) is 4.79 Å². The van der Waals surface area contributed by atoms with E-state index in [1.807, 2.05) is 53.9 Å². The minimum atomic E-state index is -0.511. The molecule has 9 nitrogen and oxygen atoms in total. The minimum absolute atomic E-state index is 0.150. The number of ether oxygens (including phenoxy) is 1. The maximum Gasteiger partial charge on any atom is 0.255 e. The Morgan fingerprint density at radius 3 is 2.93 bits per heavy atom. The number of guanidine groups is 1. The van der Waals surface area contributed by atoms with Crippen molar-refractivity contribution in [1.29, 1.82) is 0 Å². The third-order valence-electron chi connectivity index (χ3n) is 3.84. The van der Waals surface area contributed by atoms with Gasteiger partial charge in [0.05, 0.1) is 13.1 Å². The number of rotatable bonds is 8. The Bertz CT molecular complexity index is 968. The number of fused-ring (bicyclic) bond motifs is 1. The van der Waals surface area contributed by atoms with Gasteiger partial charge in [-0.25, -0.2) is 4.99 Å². The molecule has 28 heavy (non-hydrogen) atoms. The van der Waals surface area contributed by atoms with E-state index in [4.69, 9.17) is 10.5 Å². The van der Waals surface area contributed by atoms with Gasteiger partial charge in [0.15, 0.2) is 24.0 Å². The topological polar surface area (TPSA) is 119 Å². The molecule has 1 aromatic carbocycles. The van der Waals surface area contributed by atoms with Crippen LogP contribution in [0.2, 0.25) is 0 Å². The SMILES string of the molecule is CCNC(=NCc1cccc(OCC(N)=O)c1)NCc1nnc2ccccn12. The summed E-state index contributed by atoms with van der Waals surface area (Å²) < 4.78 is 7.25. The number of aromatic nitrogens is 3. The molecule has 2 heterocycles. The molecule has 0 fully saturated rings. The van der Waals surface area contributed by atoms with Crippen LogP contribution in [0.25, 0.3) is 5.65 Å². The van der Waals surface area contributed by atoms with Gasteiger partial charge in [-0.05, 0) is 36.8 Å². The van der Waals surface area contributed by atoms with E-state index in [2.05, 4.69) is 25.8 Å². The van der Waals surface area contributed by atoms with E-state index < -0.39 is 5.91 Å². The first-order valence-corrected chi connectivity index (χ1v) is 8.96. The Labute approximate surface area is 162 Å². The number of hydrogen-bond donors (Lipinski definition) is 3. The molecule has 0 atom stereocenters. The van der Waals surface area contributed by atoms with E-state index >= 15 is 0 Å². The highest BCUT2D eigenvalue weighted by Crippen LogP contribution is 2.14. The lowest BCUT2D eigenvalue weighted by Crippen LogP contribution is -2.37. The van der Waals surface area contributed by atoms with Crippen molar-refractivity contribution in [3.05, 3.63) is 60.0 Å². The minimum Gasteiger partial charge on any atom is -0.484 e. The van der Waals surface area contributed by atoms with Crippen LogP contribution < -0.4 is 21.1 Å². The predicted molar refractivity (Wildman–Crippen MR) is 106 cm³/mol. The van der Waals surface area contributed by atoms with E-state index in [1.54, 1.807) is 6.07 Å². The molecule has 0 saturated carbocycles. The average molecular weight is 381 g/mol. The number of carbonyl (C=O) groups is 1. The van der Waals surface area contributed by atoms with Crippen LogP contribution in [0.5, 0.6) is 5.75 Å². The summed E-state index contributed by atoms with van der Waals surface area (Å²) in [7, 11) is 0. The predicted octanol–water partition coefficient (Wildman–Crippen LogP) is 0.849. The van der Waals surface area contributed by atoms with Gasteiger partial charge >= 0.3 is 0 Å². The molecule has 2 aromatic heterocycles. The van der Waals surface area contributed by atoms with Crippen LogP contribution >= 0.6 is 0 Å². The van der Waals surface area contributed by atoms with Gasteiger partial charge in [-0.2, -0.15) is 0 Å². The molecule has 9 heteroatoms. The van der Waals surface area contributed by atoms with Crippen molar-refractivity contribution >= 4 is 17.5 Å². The molecule has 0 unspecified atom stereocenters. The zero-order valence-electron chi connectivity index (χ0n) is 15.6. The zero-order chi connectivity index (χ0) is 19.8.